The van der Waals surface area contributed by atoms with Crippen LogP contribution in [0.1, 0.15) is 24.0 Å². The van der Waals surface area contributed by atoms with Gasteiger partial charge in [0.05, 0.1) is 0 Å². The van der Waals surface area contributed by atoms with Crippen molar-refractivity contribution in [1.29, 1.82) is 0 Å². The summed E-state index contributed by atoms with van der Waals surface area (Å²) in [6, 6.07) is 8.76. The van der Waals surface area contributed by atoms with Crippen LogP contribution in [0, 0.1) is 5.92 Å². The zero-order valence-electron chi connectivity index (χ0n) is 9.21. The highest BCUT2D eigenvalue weighted by Gasteiger charge is 2.12. The highest BCUT2D eigenvalue weighted by Crippen LogP contribution is 2.16. The lowest BCUT2D eigenvalue weighted by Crippen LogP contribution is -2.30. The third-order valence-corrected chi connectivity index (χ3v) is 3.14. The molecular weight excluding hydrogens is 182 g/mol. The molecule has 0 aromatic heterocycles. The average molecular weight is 201 g/mol. The van der Waals surface area contributed by atoms with E-state index in [2.05, 4.69) is 36.2 Å². The maximum atomic E-state index is 3.77. The first kappa shape index (κ1) is 10.4. The molecule has 1 heterocycles. The van der Waals surface area contributed by atoms with E-state index in [-0.39, 0.29) is 0 Å². The Balaban J connectivity index is 1.94. The molecule has 1 unspecified atom stereocenters. The van der Waals surface area contributed by atoms with E-state index >= 15 is 0 Å². The summed E-state index contributed by atoms with van der Waals surface area (Å²) in [4.78, 5) is 0. The van der Waals surface area contributed by atoms with Crippen molar-refractivity contribution in [2.75, 3.05) is 13.1 Å². The standard InChI is InChI=1S/C14H19N/c1-2-12-5-7-13(8-6-12)10-14-4-3-9-15-11-14/h2,5-8,14-15H,1,3-4,9-11H2. The zero-order chi connectivity index (χ0) is 10.5. The Hall–Kier alpha value is -1.08. The Bertz CT molecular complexity index is 307. The molecule has 0 amide bonds. The molecule has 1 aromatic rings. The quantitative estimate of drug-likeness (QED) is 0.793. The van der Waals surface area contributed by atoms with Crippen LogP contribution in [0.15, 0.2) is 30.8 Å². The summed E-state index contributed by atoms with van der Waals surface area (Å²) in [5.41, 5.74) is 2.66. The summed E-state index contributed by atoms with van der Waals surface area (Å²) in [6.45, 7) is 6.15. The van der Waals surface area contributed by atoms with Crippen molar-refractivity contribution in [3.63, 3.8) is 0 Å². The second-order valence-corrected chi connectivity index (χ2v) is 4.36. The first-order valence-corrected chi connectivity index (χ1v) is 5.80. The first-order chi connectivity index (χ1) is 7.38. The van der Waals surface area contributed by atoms with Crippen molar-refractivity contribution in [1.82, 2.24) is 5.32 Å². The van der Waals surface area contributed by atoms with Crippen LogP contribution in [0.5, 0.6) is 0 Å². The third-order valence-electron chi connectivity index (χ3n) is 3.14. The van der Waals surface area contributed by atoms with Gasteiger partial charge in [0.15, 0.2) is 0 Å². The van der Waals surface area contributed by atoms with Gasteiger partial charge in [0.1, 0.15) is 0 Å². The van der Waals surface area contributed by atoms with Crippen LogP contribution < -0.4 is 5.32 Å². The average Bonchev–Trinajstić information content (AvgIpc) is 2.31. The minimum Gasteiger partial charge on any atom is -0.316 e. The molecule has 1 N–H and O–H groups in total. The van der Waals surface area contributed by atoms with Gasteiger partial charge in [-0.3, -0.25) is 0 Å². The second-order valence-electron chi connectivity index (χ2n) is 4.36. The summed E-state index contributed by atoms with van der Waals surface area (Å²) in [7, 11) is 0. The predicted molar refractivity (Wildman–Crippen MR) is 65.8 cm³/mol. The maximum absolute atomic E-state index is 3.77. The van der Waals surface area contributed by atoms with Crippen molar-refractivity contribution < 1.29 is 0 Å². The summed E-state index contributed by atoms with van der Waals surface area (Å²) >= 11 is 0. The number of hydrogen-bond acceptors (Lipinski definition) is 1. The largest absolute Gasteiger partial charge is 0.316 e. The molecule has 1 atom stereocenters. The van der Waals surface area contributed by atoms with Crippen LogP contribution in [-0.4, -0.2) is 13.1 Å². The van der Waals surface area contributed by atoms with E-state index in [1.165, 1.54) is 43.5 Å². The van der Waals surface area contributed by atoms with Crippen LogP contribution in [0.25, 0.3) is 6.08 Å². The van der Waals surface area contributed by atoms with Crippen LogP contribution >= 0.6 is 0 Å². The molecule has 1 heteroatoms. The van der Waals surface area contributed by atoms with Gasteiger partial charge in [-0.15, -0.1) is 0 Å². The van der Waals surface area contributed by atoms with Gasteiger partial charge in [0.25, 0.3) is 0 Å². The van der Waals surface area contributed by atoms with Crippen LogP contribution in [-0.2, 0) is 6.42 Å². The molecule has 1 aromatic carbocycles. The second kappa shape index (κ2) is 5.13. The fourth-order valence-electron chi connectivity index (χ4n) is 2.22. The highest BCUT2D eigenvalue weighted by atomic mass is 14.9. The smallest absolute Gasteiger partial charge is 0.00173 e. The minimum atomic E-state index is 0.827. The van der Waals surface area contributed by atoms with Crippen LogP contribution in [0.3, 0.4) is 0 Å². The van der Waals surface area contributed by atoms with E-state index in [0.29, 0.717) is 0 Å². The normalized spacial score (nSPS) is 21.2. The number of rotatable bonds is 3. The molecule has 15 heavy (non-hydrogen) atoms. The Morgan fingerprint density at radius 3 is 2.73 bits per heavy atom. The van der Waals surface area contributed by atoms with Gasteiger partial charge >= 0.3 is 0 Å². The van der Waals surface area contributed by atoms with Crippen molar-refractivity contribution in [2.45, 2.75) is 19.3 Å². The molecular formula is C14H19N. The topological polar surface area (TPSA) is 12.0 Å². The van der Waals surface area contributed by atoms with Crippen LogP contribution in [0.4, 0.5) is 0 Å². The van der Waals surface area contributed by atoms with Crippen molar-refractivity contribution in [3.05, 3.63) is 42.0 Å². The highest BCUT2D eigenvalue weighted by molar-refractivity contribution is 5.47. The van der Waals surface area contributed by atoms with Gasteiger partial charge in [-0.25, -0.2) is 0 Å². The number of nitrogens with one attached hydrogen (secondary N) is 1. The lowest BCUT2D eigenvalue weighted by atomic mass is 9.92. The molecule has 1 aliphatic rings. The molecule has 0 bridgehead atoms. The fraction of sp³-hybridized carbons (Fsp3) is 0.429. The Morgan fingerprint density at radius 1 is 1.33 bits per heavy atom. The molecule has 1 aliphatic heterocycles. The molecule has 1 nitrogen and oxygen atoms in total. The summed E-state index contributed by atoms with van der Waals surface area (Å²) in [5, 5.41) is 3.46. The maximum Gasteiger partial charge on any atom is -0.00173 e. The molecule has 80 valence electrons. The lowest BCUT2D eigenvalue weighted by Gasteiger charge is -2.22. The van der Waals surface area contributed by atoms with Gasteiger partial charge in [-0.05, 0) is 49.4 Å². The first-order valence-electron chi connectivity index (χ1n) is 5.80. The van der Waals surface area contributed by atoms with Gasteiger partial charge in [0.2, 0.25) is 0 Å². The van der Waals surface area contributed by atoms with Crippen molar-refractivity contribution in [2.24, 2.45) is 5.92 Å². The lowest BCUT2D eigenvalue weighted by molar-refractivity contribution is 0.376. The zero-order valence-corrected chi connectivity index (χ0v) is 9.21. The van der Waals surface area contributed by atoms with Crippen LogP contribution in [0.2, 0.25) is 0 Å². The molecule has 1 saturated heterocycles. The molecule has 0 spiro atoms. The fourth-order valence-corrected chi connectivity index (χ4v) is 2.22. The van der Waals surface area contributed by atoms with E-state index in [0.717, 1.165) is 5.92 Å². The molecule has 0 radical (unpaired) electrons. The predicted octanol–water partition coefficient (Wildman–Crippen LogP) is 2.87. The Kier molecular flexibility index (Phi) is 3.57. The van der Waals surface area contributed by atoms with Crippen molar-refractivity contribution in [3.8, 4) is 0 Å². The summed E-state index contributed by atoms with van der Waals surface area (Å²) in [5.74, 6) is 0.827. The van der Waals surface area contributed by atoms with E-state index in [1.54, 1.807) is 0 Å². The van der Waals surface area contributed by atoms with Gasteiger partial charge in [0, 0.05) is 0 Å². The Labute approximate surface area is 92.2 Å². The summed E-state index contributed by atoms with van der Waals surface area (Å²) < 4.78 is 0. The van der Waals surface area contributed by atoms with E-state index < -0.39 is 0 Å². The summed E-state index contributed by atoms with van der Waals surface area (Å²) in [6.07, 6.45) is 5.81. The third kappa shape index (κ3) is 2.93. The van der Waals surface area contributed by atoms with E-state index in [9.17, 15) is 0 Å². The molecule has 0 saturated carbocycles. The number of hydrogen-bond donors (Lipinski definition) is 1. The monoisotopic (exact) mass is 201 g/mol. The molecule has 0 aliphatic carbocycles. The minimum absolute atomic E-state index is 0.827. The number of piperidine rings is 1. The van der Waals surface area contributed by atoms with Gasteiger partial charge in [-0.1, -0.05) is 36.9 Å². The van der Waals surface area contributed by atoms with E-state index in [1.807, 2.05) is 6.08 Å². The Morgan fingerprint density at radius 2 is 2.13 bits per heavy atom. The van der Waals surface area contributed by atoms with Gasteiger partial charge < -0.3 is 5.32 Å². The SMILES string of the molecule is C=Cc1ccc(CC2CCCNC2)cc1. The van der Waals surface area contributed by atoms with E-state index in [4.69, 9.17) is 0 Å². The van der Waals surface area contributed by atoms with Gasteiger partial charge in [-0.2, -0.15) is 0 Å². The number of benzene rings is 1. The van der Waals surface area contributed by atoms with Crippen molar-refractivity contribution >= 4 is 6.08 Å². The molecule has 1 fully saturated rings. The molecule has 2 rings (SSSR count).